The van der Waals surface area contributed by atoms with E-state index >= 15 is 0 Å². The van der Waals surface area contributed by atoms with Crippen LogP contribution in [0, 0.1) is 0 Å². The summed E-state index contributed by atoms with van der Waals surface area (Å²) in [6.07, 6.45) is 1.37. The van der Waals surface area contributed by atoms with E-state index in [0.29, 0.717) is 24.7 Å². The topological polar surface area (TPSA) is 78.2 Å². The molecule has 0 unspecified atom stereocenters. The van der Waals surface area contributed by atoms with Crippen LogP contribution < -0.4 is 9.47 Å². The van der Waals surface area contributed by atoms with Gasteiger partial charge in [0.15, 0.2) is 18.1 Å². The smallest absolute Gasteiger partial charge is 0.374 e. The molecule has 0 saturated heterocycles. The second-order valence-electron chi connectivity index (χ2n) is 6.56. The highest BCUT2D eigenvalue weighted by Gasteiger charge is 2.16. The van der Waals surface area contributed by atoms with Crippen molar-refractivity contribution in [1.82, 2.24) is 4.90 Å². The van der Waals surface area contributed by atoms with Gasteiger partial charge in [0.05, 0.1) is 13.4 Å². The summed E-state index contributed by atoms with van der Waals surface area (Å²) in [5.41, 5.74) is 1.91. The average molecular weight is 409 g/mol. The van der Waals surface area contributed by atoms with Gasteiger partial charge in [-0.3, -0.25) is 4.79 Å². The van der Waals surface area contributed by atoms with Crippen molar-refractivity contribution in [3.63, 3.8) is 0 Å². The Hall–Kier alpha value is -3.74. The van der Waals surface area contributed by atoms with Crippen molar-refractivity contribution in [3.05, 3.63) is 83.8 Å². The number of amides is 1. The number of carbonyl (C=O) groups is 2. The van der Waals surface area contributed by atoms with Crippen LogP contribution in [0.5, 0.6) is 11.5 Å². The van der Waals surface area contributed by atoms with Crippen molar-refractivity contribution in [2.45, 2.75) is 13.2 Å². The van der Waals surface area contributed by atoms with Crippen LogP contribution in [0.1, 0.15) is 21.7 Å². The minimum Gasteiger partial charge on any atom is -0.493 e. The lowest BCUT2D eigenvalue weighted by Crippen LogP contribution is -2.30. The quantitative estimate of drug-likeness (QED) is 0.502. The van der Waals surface area contributed by atoms with Crippen molar-refractivity contribution in [1.29, 1.82) is 0 Å². The fourth-order valence-electron chi connectivity index (χ4n) is 2.73. The molecule has 0 radical (unpaired) electrons. The molecule has 0 aliphatic heterocycles. The summed E-state index contributed by atoms with van der Waals surface area (Å²) in [5, 5.41) is 0. The van der Waals surface area contributed by atoms with E-state index in [1.54, 1.807) is 20.2 Å². The minimum atomic E-state index is -0.677. The Morgan fingerprint density at radius 3 is 2.47 bits per heavy atom. The van der Waals surface area contributed by atoms with Gasteiger partial charge in [-0.05, 0) is 35.4 Å². The second-order valence-corrected chi connectivity index (χ2v) is 6.56. The molecule has 1 aromatic heterocycles. The number of esters is 1. The van der Waals surface area contributed by atoms with Crippen molar-refractivity contribution in [2.24, 2.45) is 0 Å². The molecule has 2 aromatic carbocycles. The maximum atomic E-state index is 12.3. The first-order valence-electron chi connectivity index (χ1n) is 9.35. The molecule has 0 N–H and O–H groups in total. The van der Waals surface area contributed by atoms with Gasteiger partial charge in [0.1, 0.15) is 6.61 Å². The van der Waals surface area contributed by atoms with E-state index in [1.165, 1.54) is 17.2 Å². The van der Waals surface area contributed by atoms with E-state index in [9.17, 15) is 9.59 Å². The number of methoxy groups -OCH3 is 1. The summed E-state index contributed by atoms with van der Waals surface area (Å²) in [5.74, 6) is 0.239. The Bertz CT molecular complexity index is 969. The summed E-state index contributed by atoms with van der Waals surface area (Å²) in [7, 11) is 3.20. The van der Waals surface area contributed by atoms with E-state index in [4.69, 9.17) is 18.6 Å². The first kappa shape index (κ1) is 21.0. The van der Waals surface area contributed by atoms with E-state index in [0.717, 1.165) is 11.1 Å². The van der Waals surface area contributed by atoms with E-state index < -0.39 is 5.97 Å². The Morgan fingerprint density at radius 1 is 0.967 bits per heavy atom. The van der Waals surface area contributed by atoms with Gasteiger partial charge in [0, 0.05) is 13.6 Å². The molecule has 3 aromatic rings. The molecule has 156 valence electrons. The largest absolute Gasteiger partial charge is 0.493 e. The van der Waals surface area contributed by atoms with Crippen LogP contribution in [-0.4, -0.2) is 37.5 Å². The number of benzene rings is 2. The number of likely N-dealkylation sites (N-methyl/N-ethyl adjacent to an activating group) is 1. The molecule has 30 heavy (non-hydrogen) atoms. The van der Waals surface area contributed by atoms with Crippen LogP contribution in [0.25, 0.3) is 0 Å². The number of hydrogen-bond donors (Lipinski definition) is 0. The number of rotatable bonds is 9. The van der Waals surface area contributed by atoms with E-state index in [-0.39, 0.29) is 18.3 Å². The van der Waals surface area contributed by atoms with Crippen LogP contribution in [0.4, 0.5) is 0 Å². The second kappa shape index (κ2) is 10.2. The standard InChI is InChI=1S/C23H23NO6/c1-24(22(25)16-30-23(26)20-9-6-12-28-20)14-18-10-11-19(21(13-18)27-2)29-15-17-7-4-3-5-8-17/h3-13H,14-16H2,1-2H3. The maximum Gasteiger partial charge on any atom is 0.374 e. The van der Waals surface area contributed by atoms with Crippen LogP contribution >= 0.6 is 0 Å². The monoisotopic (exact) mass is 409 g/mol. The normalized spacial score (nSPS) is 10.3. The Morgan fingerprint density at radius 2 is 1.77 bits per heavy atom. The predicted molar refractivity (Wildman–Crippen MR) is 109 cm³/mol. The van der Waals surface area contributed by atoms with Gasteiger partial charge in [0.25, 0.3) is 5.91 Å². The van der Waals surface area contributed by atoms with Crippen molar-refractivity contribution < 1.29 is 28.2 Å². The van der Waals surface area contributed by atoms with Crippen molar-refractivity contribution in [3.8, 4) is 11.5 Å². The van der Waals surface area contributed by atoms with Crippen molar-refractivity contribution in [2.75, 3.05) is 20.8 Å². The van der Waals surface area contributed by atoms with E-state index in [1.807, 2.05) is 48.5 Å². The molecule has 0 saturated carbocycles. The summed E-state index contributed by atoms with van der Waals surface area (Å²) in [6, 6.07) is 18.4. The maximum absolute atomic E-state index is 12.3. The zero-order valence-electron chi connectivity index (χ0n) is 16.9. The third-order valence-corrected chi connectivity index (χ3v) is 4.36. The first-order chi connectivity index (χ1) is 14.6. The van der Waals surface area contributed by atoms with Gasteiger partial charge in [0.2, 0.25) is 5.76 Å². The molecule has 7 heteroatoms. The lowest BCUT2D eigenvalue weighted by Gasteiger charge is -2.18. The van der Waals surface area contributed by atoms with E-state index in [2.05, 4.69) is 0 Å². The molecule has 0 spiro atoms. The van der Waals surface area contributed by atoms with Gasteiger partial charge in [-0.2, -0.15) is 0 Å². The first-order valence-corrected chi connectivity index (χ1v) is 9.35. The zero-order chi connectivity index (χ0) is 21.3. The van der Waals surface area contributed by atoms with Gasteiger partial charge < -0.3 is 23.5 Å². The molecule has 1 heterocycles. The molecule has 0 aliphatic rings. The molecular formula is C23H23NO6. The molecule has 7 nitrogen and oxygen atoms in total. The predicted octanol–water partition coefficient (Wildman–Crippen LogP) is 3.68. The highest BCUT2D eigenvalue weighted by atomic mass is 16.5. The number of ether oxygens (including phenoxy) is 3. The average Bonchev–Trinajstić information content (AvgIpc) is 3.32. The van der Waals surface area contributed by atoms with Crippen LogP contribution in [0.15, 0.2) is 71.3 Å². The summed E-state index contributed by atoms with van der Waals surface area (Å²) in [4.78, 5) is 25.5. The number of hydrogen-bond acceptors (Lipinski definition) is 6. The van der Waals surface area contributed by atoms with Crippen LogP contribution in [-0.2, 0) is 22.7 Å². The molecular weight excluding hydrogens is 386 g/mol. The third kappa shape index (κ3) is 5.64. The minimum absolute atomic E-state index is 0.0567. The van der Waals surface area contributed by atoms with Gasteiger partial charge in [-0.1, -0.05) is 36.4 Å². The Kier molecular flexibility index (Phi) is 7.10. The third-order valence-electron chi connectivity index (χ3n) is 4.36. The fourth-order valence-corrected chi connectivity index (χ4v) is 2.73. The molecule has 0 aliphatic carbocycles. The summed E-state index contributed by atoms with van der Waals surface area (Å²) < 4.78 is 21.2. The fraction of sp³-hybridized carbons (Fsp3) is 0.217. The molecule has 1 amide bonds. The molecule has 0 fully saturated rings. The number of nitrogens with zero attached hydrogens (tertiary/aromatic N) is 1. The number of carbonyl (C=O) groups excluding carboxylic acids is 2. The van der Waals surface area contributed by atoms with Gasteiger partial charge >= 0.3 is 5.97 Å². The summed E-state index contributed by atoms with van der Waals surface area (Å²) >= 11 is 0. The molecule has 3 rings (SSSR count). The van der Waals surface area contributed by atoms with Crippen LogP contribution in [0.2, 0.25) is 0 Å². The van der Waals surface area contributed by atoms with Gasteiger partial charge in [-0.25, -0.2) is 4.79 Å². The SMILES string of the molecule is COc1cc(CN(C)C(=O)COC(=O)c2ccco2)ccc1OCc1ccccc1. The molecule has 0 bridgehead atoms. The Labute approximate surface area is 174 Å². The zero-order valence-corrected chi connectivity index (χ0v) is 16.9. The lowest BCUT2D eigenvalue weighted by molar-refractivity contribution is -0.133. The molecule has 0 atom stereocenters. The van der Waals surface area contributed by atoms with Crippen LogP contribution in [0.3, 0.4) is 0 Å². The highest BCUT2D eigenvalue weighted by Crippen LogP contribution is 2.29. The Balaban J connectivity index is 1.54. The van der Waals surface area contributed by atoms with Crippen molar-refractivity contribution >= 4 is 11.9 Å². The highest BCUT2D eigenvalue weighted by molar-refractivity contribution is 5.88. The summed E-state index contributed by atoms with van der Waals surface area (Å²) in [6.45, 7) is 0.383. The van der Waals surface area contributed by atoms with Gasteiger partial charge in [-0.15, -0.1) is 0 Å². The lowest BCUT2D eigenvalue weighted by atomic mass is 10.2. The number of furan rings is 1.